The first-order chi connectivity index (χ1) is 8.74. The Morgan fingerprint density at radius 1 is 1.39 bits per heavy atom. The fourth-order valence-electron chi connectivity index (χ4n) is 2.25. The molecule has 1 aliphatic carbocycles. The summed E-state index contributed by atoms with van der Waals surface area (Å²) in [4.78, 5) is 10.3. The van der Waals surface area contributed by atoms with Crippen LogP contribution in [0.25, 0.3) is 11.6 Å². The van der Waals surface area contributed by atoms with E-state index in [4.69, 9.17) is 0 Å². The molecule has 0 saturated carbocycles. The Bertz CT molecular complexity index is 643. The zero-order valence-electron chi connectivity index (χ0n) is 9.59. The normalized spacial score (nSPS) is 15.9. The summed E-state index contributed by atoms with van der Waals surface area (Å²) in [6.45, 7) is 0. The van der Waals surface area contributed by atoms with Crippen LogP contribution in [0, 0.1) is 10.1 Å². The number of nitro benzene ring substituents is 1. The monoisotopic (exact) mass is 241 g/mol. The van der Waals surface area contributed by atoms with Crippen molar-refractivity contribution in [3.05, 3.63) is 57.4 Å². The van der Waals surface area contributed by atoms with E-state index >= 15 is 0 Å². The maximum absolute atomic E-state index is 10.7. The van der Waals surface area contributed by atoms with E-state index in [-0.39, 0.29) is 10.6 Å². The maximum atomic E-state index is 10.7. The number of aromatic nitrogens is 2. The number of nitrogens with zero attached hydrogens (tertiary/aromatic N) is 2. The molecule has 0 spiro atoms. The minimum Gasteiger partial charge on any atom is -0.278 e. The Labute approximate surface area is 103 Å². The molecule has 1 heterocycles. The molecule has 1 aliphatic rings. The van der Waals surface area contributed by atoms with Crippen LogP contribution in [0.5, 0.6) is 0 Å². The molecule has 90 valence electrons. The van der Waals surface area contributed by atoms with Gasteiger partial charge in [0.2, 0.25) is 0 Å². The van der Waals surface area contributed by atoms with Crippen molar-refractivity contribution in [1.29, 1.82) is 0 Å². The predicted octanol–water partition coefficient (Wildman–Crippen LogP) is 2.80. The van der Waals surface area contributed by atoms with E-state index in [1.54, 1.807) is 12.1 Å². The fourth-order valence-corrected chi connectivity index (χ4v) is 2.25. The van der Waals surface area contributed by atoms with Crippen molar-refractivity contribution < 1.29 is 4.92 Å². The number of rotatable bonds is 2. The van der Waals surface area contributed by atoms with Gasteiger partial charge in [0.25, 0.3) is 5.69 Å². The van der Waals surface area contributed by atoms with E-state index in [2.05, 4.69) is 10.2 Å². The molecule has 1 aromatic carbocycles. The third-order valence-electron chi connectivity index (χ3n) is 3.12. The van der Waals surface area contributed by atoms with E-state index in [0.717, 1.165) is 29.7 Å². The van der Waals surface area contributed by atoms with Gasteiger partial charge < -0.3 is 0 Å². The third kappa shape index (κ3) is 1.79. The zero-order valence-corrected chi connectivity index (χ0v) is 9.59. The molecule has 1 aromatic heterocycles. The van der Waals surface area contributed by atoms with Gasteiger partial charge in [-0.3, -0.25) is 15.2 Å². The van der Waals surface area contributed by atoms with Crippen LogP contribution in [-0.2, 0) is 6.42 Å². The topological polar surface area (TPSA) is 71.8 Å². The van der Waals surface area contributed by atoms with Gasteiger partial charge in [0.15, 0.2) is 0 Å². The van der Waals surface area contributed by atoms with Crippen molar-refractivity contribution in [2.24, 2.45) is 0 Å². The summed E-state index contributed by atoms with van der Waals surface area (Å²) in [7, 11) is 0. The lowest BCUT2D eigenvalue weighted by Crippen LogP contribution is -1.88. The van der Waals surface area contributed by atoms with Gasteiger partial charge in [0, 0.05) is 12.1 Å². The number of fused-ring (bicyclic) bond motifs is 1. The molecule has 0 aliphatic heterocycles. The van der Waals surface area contributed by atoms with Gasteiger partial charge in [-0.05, 0) is 35.6 Å². The van der Waals surface area contributed by atoms with Gasteiger partial charge in [-0.25, -0.2) is 0 Å². The summed E-state index contributed by atoms with van der Waals surface area (Å²) >= 11 is 0. The maximum Gasteiger partial charge on any atom is 0.270 e. The van der Waals surface area contributed by atoms with Gasteiger partial charge in [0.1, 0.15) is 0 Å². The number of H-pyrrole nitrogens is 1. The highest BCUT2D eigenvalue weighted by atomic mass is 16.6. The molecule has 1 N–H and O–H groups in total. The molecule has 0 saturated heterocycles. The van der Waals surface area contributed by atoms with Gasteiger partial charge in [-0.15, -0.1) is 0 Å². The fraction of sp³-hybridized carbons (Fsp3) is 0.154. The van der Waals surface area contributed by atoms with E-state index in [9.17, 15) is 10.1 Å². The third-order valence-corrected chi connectivity index (χ3v) is 3.12. The summed E-state index contributed by atoms with van der Waals surface area (Å²) in [5.41, 5.74) is 4.39. The highest BCUT2D eigenvalue weighted by molar-refractivity contribution is 5.83. The van der Waals surface area contributed by atoms with Crippen LogP contribution < -0.4 is 0 Å². The minimum atomic E-state index is -0.377. The minimum absolute atomic E-state index is 0.118. The van der Waals surface area contributed by atoms with Crippen molar-refractivity contribution in [3.63, 3.8) is 0 Å². The Balaban J connectivity index is 1.98. The lowest BCUT2D eigenvalue weighted by molar-refractivity contribution is -0.384. The number of aromatic amines is 1. The Hall–Kier alpha value is -2.43. The average molecular weight is 241 g/mol. The Kier molecular flexibility index (Phi) is 2.44. The molecule has 0 atom stereocenters. The number of hydrogen-bond donors (Lipinski definition) is 1. The standard InChI is InChI=1S/C13H11N3O2/c17-16(18)12-3-1-2-9(7-12)6-10-4-5-11-8-14-15-13(10)11/h1-3,6-8H,4-5H2,(H,14,15)/b10-6+. The predicted molar refractivity (Wildman–Crippen MR) is 67.9 cm³/mol. The molecular formula is C13H11N3O2. The molecule has 5 heteroatoms. The van der Waals surface area contributed by atoms with Crippen LogP contribution in [0.3, 0.4) is 0 Å². The van der Waals surface area contributed by atoms with Crippen molar-refractivity contribution in [2.45, 2.75) is 12.8 Å². The van der Waals surface area contributed by atoms with Crippen molar-refractivity contribution in [2.75, 3.05) is 0 Å². The van der Waals surface area contributed by atoms with Gasteiger partial charge >= 0.3 is 0 Å². The number of hydrogen-bond acceptors (Lipinski definition) is 3. The number of non-ortho nitro benzene ring substituents is 1. The number of nitro groups is 1. The molecule has 0 fully saturated rings. The summed E-state index contributed by atoms with van der Waals surface area (Å²) in [6, 6.07) is 6.65. The molecule has 3 rings (SSSR count). The Morgan fingerprint density at radius 3 is 3.11 bits per heavy atom. The summed E-state index contributed by atoms with van der Waals surface area (Å²) in [5.74, 6) is 0. The van der Waals surface area contributed by atoms with Gasteiger partial charge in [-0.2, -0.15) is 5.10 Å². The highest BCUT2D eigenvalue weighted by Crippen LogP contribution is 2.32. The smallest absolute Gasteiger partial charge is 0.270 e. The first kappa shape index (κ1) is 10.7. The van der Waals surface area contributed by atoms with Crippen LogP contribution in [0.2, 0.25) is 0 Å². The summed E-state index contributed by atoms with van der Waals surface area (Å²) in [6.07, 6.45) is 5.75. The molecular weight excluding hydrogens is 230 g/mol. The molecule has 0 amide bonds. The number of allylic oxidation sites excluding steroid dienone is 1. The first-order valence-electron chi connectivity index (χ1n) is 5.72. The van der Waals surface area contributed by atoms with Crippen molar-refractivity contribution in [3.8, 4) is 0 Å². The van der Waals surface area contributed by atoms with E-state index in [1.807, 2.05) is 18.3 Å². The molecule has 0 radical (unpaired) electrons. The van der Waals surface area contributed by atoms with Crippen molar-refractivity contribution in [1.82, 2.24) is 10.2 Å². The SMILES string of the molecule is O=[N+]([O-])c1cccc(/C=C2\CCc3cn[nH]c32)c1. The Morgan fingerprint density at radius 2 is 2.28 bits per heavy atom. The van der Waals surface area contributed by atoms with Gasteiger partial charge in [-0.1, -0.05) is 12.1 Å². The van der Waals surface area contributed by atoms with Crippen LogP contribution in [0.4, 0.5) is 5.69 Å². The highest BCUT2D eigenvalue weighted by Gasteiger charge is 2.18. The molecule has 0 unspecified atom stereocenters. The largest absolute Gasteiger partial charge is 0.278 e. The molecule has 2 aromatic rings. The van der Waals surface area contributed by atoms with E-state index in [1.165, 1.54) is 11.6 Å². The second-order valence-electron chi connectivity index (χ2n) is 4.29. The lowest BCUT2D eigenvalue weighted by Gasteiger charge is -1.98. The number of nitrogens with one attached hydrogen (secondary N) is 1. The lowest BCUT2D eigenvalue weighted by atomic mass is 10.1. The molecule has 5 nitrogen and oxygen atoms in total. The first-order valence-corrected chi connectivity index (χ1v) is 5.72. The average Bonchev–Trinajstić information content (AvgIpc) is 2.94. The van der Waals surface area contributed by atoms with Gasteiger partial charge in [0.05, 0.1) is 16.8 Å². The molecule has 0 bridgehead atoms. The summed E-state index contributed by atoms with van der Waals surface area (Å²) < 4.78 is 0. The van der Waals surface area contributed by atoms with E-state index in [0.29, 0.717) is 0 Å². The quantitative estimate of drug-likeness (QED) is 0.649. The number of benzene rings is 1. The second-order valence-corrected chi connectivity index (χ2v) is 4.29. The van der Waals surface area contributed by atoms with Crippen LogP contribution in [-0.4, -0.2) is 15.1 Å². The summed E-state index contributed by atoms with van der Waals surface area (Å²) in [5, 5.41) is 17.7. The van der Waals surface area contributed by atoms with Crippen LogP contribution in [0.1, 0.15) is 23.2 Å². The van der Waals surface area contributed by atoms with Crippen LogP contribution >= 0.6 is 0 Å². The van der Waals surface area contributed by atoms with E-state index < -0.39 is 0 Å². The zero-order chi connectivity index (χ0) is 12.5. The molecule has 18 heavy (non-hydrogen) atoms. The van der Waals surface area contributed by atoms with Crippen LogP contribution in [0.15, 0.2) is 30.5 Å². The number of aryl methyl sites for hydroxylation is 1. The van der Waals surface area contributed by atoms with Crippen molar-refractivity contribution >= 4 is 17.3 Å². The second kappa shape index (κ2) is 4.10.